The van der Waals surface area contributed by atoms with Gasteiger partial charge in [-0.25, -0.2) is 0 Å². The molecule has 0 spiro atoms. The lowest BCUT2D eigenvalue weighted by Gasteiger charge is -2.38. The first kappa shape index (κ1) is 19.4. The lowest BCUT2D eigenvalue weighted by Crippen LogP contribution is -2.43. The third-order valence-corrected chi connectivity index (χ3v) is 9.37. The van der Waals surface area contributed by atoms with Gasteiger partial charge in [0.1, 0.15) is 0 Å². The minimum absolute atomic E-state index is 0.121. The van der Waals surface area contributed by atoms with Crippen molar-refractivity contribution in [3.63, 3.8) is 0 Å². The first-order chi connectivity index (χ1) is 10.2. The zero-order chi connectivity index (χ0) is 16.8. The summed E-state index contributed by atoms with van der Waals surface area (Å²) < 4.78 is 6.40. The summed E-state index contributed by atoms with van der Waals surface area (Å²) in [5, 5.41) is 0.164. The molecule has 0 aliphatic heterocycles. The summed E-state index contributed by atoms with van der Waals surface area (Å²) in [5.41, 5.74) is 0.861. The molecule has 126 valence electrons. The van der Waals surface area contributed by atoms with E-state index in [1.54, 1.807) is 6.08 Å². The Kier molecular flexibility index (Phi) is 7.27. The quantitative estimate of drug-likeness (QED) is 0.320. The molecule has 1 atom stereocenters. The fourth-order valence-electron chi connectivity index (χ4n) is 2.33. The molecule has 0 heterocycles. The van der Waals surface area contributed by atoms with E-state index in [0.717, 1.165) is 12.0 Å². The van der Waals surface area contributed by atoms with E-state index in [4.69, 9.17) is 4.43 Å². The van der Waals surface area contributed by atoms with E-state index >= 15 is 0 Å². The van der Waals surface area contributed by atoms with E-state index in [9.17, 15) is 4.79 Å². The summed E-state index contributed by atoms with van der Waals surface area (Å²) in [6.45, 7) is 13.4. The minimum Gasteiger partial charge on any atom is -0.406 e. The van der Waals surface area contributed by atoms with Crippen LogP contribution in [0.25, 0.3) is 0 Å². The highest BCUT2D eigenvalue weighted by Crippen LogP contribution is 2.39. The standard InChI is InChI=1S/C19H34O2Si/c1-7-8-9-10-11-12-13-16-17(20)14-15-18(16)21-22(5,6)19(2,3)4/h13-15,18H,7-12H2,1-6H3. The van der Waals surface area contributed by atoms with Crippen molar-refractivity contribution in [1.29, 1.82) is 0 Å². The first-order valence-electron chi connectivity index (χ1n) is 8.79. The van der Waals surface area contributed by atoms with Crippen molar-refractivity contribution in [2.75, 3.05) is 0 Å². The van der Waals surface area contributed by atoms with Crippen LogP contribution < -0.4 is 0 Å². The molecular weight excluding hydrogens is 288 g/mol. The molecule has 0 fully saturated rings. The second-order valence-electron chi connectivity index (χ2n) is 7.88. The van der Waals surface area contributed by atoms with Gasteiger partial charge in [-0.1, -0.05) is 59.5 Å². The maximum Gasteiger partial charge on any atom is 0.193 e. The highest BCUT2D eigenvalue weighted by atomic mass is 28.4. The summed E-state index contributed by atoms with van der Waals surface area (Å²) in [6.07, 6.45) is 12.9. The highest BCUT2D eigenvalue weighted by Gasteiger charge is 2.40. The van der Waals surface area contributed by atoms with Gasteiger partial charge in [-0.15, -0.1) is 0 Å². The molecule has 0 aromatic carbocycles. The van der Waals surface area contributed by atoms with Crippen molar-refractivity contribution in [1.82, 2.24) is 0 Å². The Morgan fingerprint density at radius 2 is 1.82 bits per heavy atom. The van der Waals surface area contributed by atoms with Gasteiger partial charge in [0.05, 0.1) is 6.10 Å². The normalized spacial score (nSPS) is 21.1. The largest absolute Gasteiger partial charge is 0.406 e. The van der Waals surface area contributed by atoms with E-state index in [0.29, 0.717) is 0 Å². The van der Waals surface area contributed by atoms with E-state index in [-0.39, 0.29) is 16.9 Å². The van der Waals surface area contributed by atoms with Crippen molar-refractivity contribution < 1.29 is 9.22 Å². The minimum atomic E-state index is -1.85. The van der Waals surface area contributed by atoms with E-state index < -0.39 is 8.32 Å². The Labute approximate surface area is 138 Å². The fraction of sp³-hybridized carbons (Fsp3) is 0.737. The average Bonchev–Trinajstić information content (AvgIpc) is 2.73. The second kappa shape index (κ2) is 8.26. The van der Waals surface area contributed by atoms with Crippen molar-refractivity contribution >= 4 is 14.1 Å². The van der Waals surface area contributed by atoms with Crippen LogP contribution in [-0.2, 0) is 9.22 Å². The van der Waals surface area contributed by atoms with Crippen LogP contribution in [0.15, 0.2) is 23.8 Å². The Morgan fingerprint density at radius 3 is 2.41 bits per heavy atom. The SMILES string of the molecule is CCCCCCCC=C1C(=O)C=CC1O[Si](C)(C)C(C)(C)C. The molecule has 1 aliphatic carbocycles. The maximum atomic E-state index is 12.1. The number of carbonyl (C=O) groups is 1. The molecule has 2 nitrogen and oxygen atoms in total. The fourth-order valence-corrected chi connectivity index (χ4v) is 3.53. The average molecular weight is 323 g/mol. The van der Waals surface area contributed by atoms with Crippen LogP contribution in [0.2, 0.25) is 18.1 Å². The number of carbonyl (C=O) groups excluding carboxylic acids is 1. The molecule has 1 aliphatic rings. The zero-order valence-electron chi connectivity index (χ0n) is 15.4. The molecule has 0 bridgehead atoms. The van der Waals surface area contributed by atoms with E-state index in [1.165, 1.54) is 32.1 Å². The molecule has 0 aromatic heterocycles. The molecule has 0 radical (unpaired) electrons. The van der Waals surface area contributed by atoms with Crippen LogP contribution in [0.5, 0.6) is 0 Å². The number of hydrogen-bond acceptors (Lipinski definition) is 2. The monoisotopic (exact) mass is 322 g/mol. The topological polar surface area (TPSA) is 26.3 Å². The summed E-state index contributed by atoms with van der Waals surface area (Å²) in [5.74, 6) is 0.136. The van der Waals surface area contributed by atoms with Gasteiger partial charge in [-0.3, -0.25) is 4.79 Å². The molecule has 3 heteroatoms. The first-order valence-corrected chi connectivity index (χ1v) is 11.7. The summed E-state index contributed by atoms with van der Waals surface area (Å²) in [6, 6.07) is 0. The Balaban J connectivity index is 2.59. The van der Waals surface area contributed by atoms with Gasteiger partial charge in [0, 0.05) is 5.57 Å². The lowest BCUT2D eigenvalue weighted by atomic mass is 10.1. The number of rotatable bonds is 8. The third-order valence-electron chi connectivity index (χ3n) is 4.91. The summed E-state index contributed by atoms with van der Waals surface area (Å²) in [7, 11) is -1.85. The molecule has 1 rings (SSSR count). The van der Waals surface area contributed by atoms with Crippen molar-refractivity contribution in [2.24, 2.45) is 0 Å². The Bertz CT molecular complexity index is 427. The van der Waals surface area contributed by atoms with Crippen molar-refractivity contribution in [3.05, 3.63) is 23.8 Å². The Hall–Kier alpha value is -0.673. The molecule has 1 unspecified atom stereocenters. The van der Waals surface area contributed by atoms with Crippen LogP contribution in [0.1, 0.15) is 66.2 Å². The number of ketones is 1. The van der Waals surface area contributed by atoms with Crippen LogP contribution in [-0.4, -0.2) is 20.2 Å². The molecule has 0 aromatic rings. The van der Waals surface area contributed by atoms with Gasteiger partial charge in [0.15, 0.2) is 14.1 Å². The predicted octanol–water partition coefficient (Wildman–Crippen LogP) is 5.80. The molecule has 0 saturated heterocycles. The molecule has 0 saturated carbocycles. The van der Waals surface area contributed by atoms with Gasteiger partial charge in [0.25, 0.3) is 0 Å². The predicted molar refractivity (Wildman–Crippen MR) is 97.7 cm³/mol. The molecule has 0 amide bonds. The Morgan fingerprint density at radius 1 is 1.18 bits per heavy atom. The highest BCUT2D eigenvalue weighted by molar-refractivity contribution is 6.74. The van der Waals surface area contributed by atoms with Gasteiger partial charge < -0.3 is 4.43 Å². The summed E-state index contributed by atoms with van der Waals surface area (Å²) in [4.78, 5) is 12.1. The van der Waals surface area contributed by atoms with E-state index in [1.807, 2.05) is 6.08 Å². The van der Waals surface area contributed by atoms with Crippen LogP contribution in [0, 0.1) is 0 Å². The lowest BCUT2D eigenvalue weighted by molar-refractivity contribution is -0.111. The second-order valence-corrected chi connectivity index (χ2v) is 12.6. The summed E-state index contributed by atoms with van der Waals surface area (Å²) >= 11 is 0. The molecule has 22 heavy (non-hydrogen) atoms. The van der Waals surface area contributed by atoms with Gasteiger partial charge in [-0.2, -0.15) is 0 Å². The van der Waals surface area contributed by atoms with Crippen LogP contribution in [0.4, 0.5) is 0 Å². The molecular formula is C19H34O2Si. The van der Waals surface area contributed by atoms with Gasteiger partial charge in [-0.05, 0) is 43.1 Å². The number of allylic oxidation sites excluding steroid dienone is 2. The molecule has 0 N–H and O–H groups in total. The van der Waals surface area contributed by atoms with E-state index in [2.05, 4.69) is 46.9 Å². The number of hydrogen-bond donors (Lipinski definition) is 0. The number of unbranched alkanes of at least 4 members (excludes halogenated alkanes) is 5. The zero-order valence-corrected chi connectivity index (χ0v) is 16.4. The van der Waals surface area contributed by atoms with Crippen molar-refractivity contribution in [2.45, 2.75) is 90.5 Å². The van der Waals surface area contributed by atoms with Crippen LogP contribution >= 0.6 is 0 Å². The maximum absolute atomic E-state index is 12.1. The smallest absolute Gasteiger partial charge is 0.193 e. The van der Waals surface area contributed by atoms with Crippen LogP contribution in [0.3, 0.4) is 0 Å². The van der Waals surface area contributed by atoms with Crippen molar-refractivity contribution in [3.8, 4) is 0 Å². The van der Waals surface area contributed by atoms with Gasteiger partial charge >= 0.3 is 0 Å². The third kappa shape index (κ3) is 5.51. The van der Waals surface area contributed by atoms with Gasteiger partial charge in [0.2, 0.25) is 0 Å².